The van der Waals surface area contributed by atoms with Gasteiger partial charge in [0.15, 0.2) is 11.0 Å². The Balaban J connectivity index is 1.63. The molecule has 0 aliphatic heterocycles. The van der Waals surface area contributed by atoms with E-state index in [4.69, 9.17) is 11.6 Å². The summed E-state index contributed by atoms with van der Waals surface area (Å²) in [5, 5.41) is 13.9. The van der Waals surface area contributed by atoms with E-state index in [9.17, 15) is 9.90 Å². The second-order valence-corrected chi connectivity index (χ2v) is 7.66. The van der Waals surface area contributed by atoms with Gasteiger partial charge >= 0.3 is 5.76 Å². The second kappa shape index (κ2) is 9.32. The molecule has 2 N–H and O–H groups in total. The van der Waals surface area contributed by atoms with Crippen molar-refractivity contribution < 1.29 is 9.63 Å². The number of hydrogen-bond acceptors (Lipinski definition) is 5. The Bertz CT molecular complexity index is 1220. The number of imidazole rings is 1. The van der Waals surface area contributed by atoms with Crippen molar-refractivity contribution in [3.8, 4) is 22.5 Å². The molecule has 160 valence electrons. The molecular formula is C23H23ClN4O3. The van der Waals surface area contributed by atoms with Gasteiger partial charge in [0, 0.05) is 18.5 Å². The molecule has 0 bridgehead atoms. The molecule has 7 nitrogen and oxygen atoms in total. The molecule has 0 saturated heterocycles. The molecule has 0 atom stereocenters. The summed E-state index contributed by atoms with van der Waals surface area (Å²) in [5.74, 6) is 0.698. The lowest BCUT2D eigenvalue weighted by Gasteiger charge is -2.12. The first-order valence-corrected chi connectivity index (χ1v) is 10.6. The number of halogens is 1. The Kier molecular flexibility index (Phi) is 6.34. The number of aryl methyl sites for hydroxylation is 1. The van der Waals surface area contributed by atoms with Crippen LogP contribution in [0.1, 0.15) is 36.8 Å². The van der Waals surface area contributed by atoms with Crippen molar-refractivity contribution in [3.63, 3.8) is 0 Å². The molecule has 0 aliphatic carbocycles. The number of nitrogens with zero attached hydrogens (tertiary/aromatic N) is 3. The Morgan fingerprint density at radius 2 is 1.87 bits per heavy atom. The number of aliphatic hydroxyl groups excluding tert-OH is 1. The van der Waals surface area contributed by atoms with E-state index in [-0.39, 0.29) is 6.61 Å². The minimum Gasteiger partial charge on any atom is -0.390 e. The van der Waals surface area contributed by atoms with Crippen LogP contribution in [0.3, 0.4) is 0 Å². The van der Waals surface area contributed by atoms with Crippen LogP contribution in [0.4, 0.5) is 0 Å². The molecule has 0 spiro atoms. The maximum Gasteiger partial charge on any atom is 0.439 e. The van der Waals surface area contributed by atoms with E-state index in [1.165, 1.54) is 0 Å². The molecule has 0 amide bonds. The van der Waals surface area contributed by atoms with E-state index in [2.05, 4.69) is 26.6 Å². The van der Waals surface area contributed by atoms with Crippen molar-refractivity contribution in [2.45, 2.75) is 39.3 Å². The molecule has 2 heterocycles. The lowest BCUT2D eigenvalue weighted by Crippen LogP contribution is -2.09. The first-order valence-electron chi connectivity index (χ1n) is 10.2. The Morgan fingerprint density at radius 3 is 2.52 bits per heavy atom. The van der Waals surface area contributed by atoms with Crippen LogP contribution in [0.15, 0.2) is 57.8 Å². The highest BCUT2D eigenvalue weighted by atomic mass is 35.5. The van der Waals surface area contributed by atoms with E-state index in [1.807, 2.05) is 53.1 Å². The summed E-state index contributed by atoms with van der Waals surface area (Å²) in [6.07, 6.45) is 2.89. The molecule has 31 heavy (non-hydrogen) atoms. The van der Waals surface area contributed by atoms with Gasteiger partial charge in [0.2, 0.25) is 0 Å². The average molecular weight is 439 g/mol. The Labute approximate surface area is 184 Å². The van der Waals surface area contributed by atoms with Crippen LogP contribution in [0.5, 0.6) is 0 Å². The second-order valence-electron chi connectivity index (χ2n) is 7.30. The molecule has 0 fully saturated rings. The van der Waals surface area contributed by atoms with Crippen LogP contribution in [0.25, 0.3) is 22.5 Å². The number of hydrogen-bond donors (Lipinski definition) is 2. The molecule has 0 saturated carbocycles. The van der Waals surface area contributed by atoms with Gasteiger partial charge in [-0.2, -0.15) is 0 Å². The topological polar surface area (TPSA) is 96.9 Å². The van der Waals surface area contributed by atoms with Gasteiger partial charge in [0.25, 0.3) is 0 Å². The van der Waals surface area contributed by atoms with Gasteiger partial charge in [-0.05, 0) is 23.1 Å². The minimum absolute atomic E-state index is 0.153. The van der Waals surface area contributed by atoms with E-state index in [1.54, 1.807) is 0 Å². The summed E-state index contributed by atoms with van der Waals surface area (Å²) in [5.41, 5.74) is 4.41. The van der Waals surface area contributed by atoms with Crippen LogP contribution < -0.4 is 5.76 Å². The molecule has 2 aromatic heterocycles. The first-order chi connectivity index (χ1) is 15.1. The van der Waals surface area contributed by atoms with Crippen molar-refractivity contribution in [3.05, 3.63) is 81.3 Å². The van der Waals surface area contributed by atoms with E-state index in [0.29, 0.717) is 23.2 Å². The summed E-state index contributed by atoms with van der Waals surface area (Å²) in [7, 11) is 0. The van der Waals surface area contributed by atoms with Crippen molar-refractivity contribution >= 4 is 11.6 Å². The van der Waals surface area contributed by atoms with Gasteiger partial charge in [0.05, 0.1) is 12.3 Å². The monoisotopic (exact) mass is 438 g/mol. The summed E-state index contributed by atoms with van der Waals surface area (Å²) >= 11 is 6.25. The third-order valence-corrected chi connectivity index (χ3v) is 5.54. The fraction of sp³-hybridized carbons (Fsp3) is 0.261. The Morgan fingerprint density at radius 1 is 1.13 bits per heavy atom. The SMILES string of the molecule is CCCCc1nc(Cl)c(CO)n1Cc1ccc(-c2ccccc2-c2noc(=O)[nH]2)cc1. The van der Waals surface area contributed by atoms with E-state index in [0.717, 1.165) is 47.3 Å². The normalized spacial score (nSPS) is 11.2. The van der Waals surface area contributed by atoms with Crippen molar-refractivity contribution in [2.24, 2.45) is 0 Å². The van der Waals surface area contributed by atoms with E-state index < -0.39 is 5.76 Å². The lowest BCUT2D eigenvalue weighted by molar-refractivity contribution is 0.271. The molecule has 8 heteroatoms. The zero-order valence-corrected chi connectivity index (χ0v) is 17.9. The van der Waals surface area contributed by atoms with E-state index >= 15 is 0 Å². The molecule has 0 radical (unpaired) electrons. The highest BCUT2D eigenvalue weighted by Crippen LogP contribution is 2.30. The smallest absolute Gasteiger partial charge is 0.390 e. The number of unbranched alkanes of at least 4 members (excludes halogenated alkanes) is 1. The Hall–Kier alpha value is -3.16. The lowest BCUT2D eigenvalue weighted by atomic mass is 9.98. The standard InChI is InChI=1S/C23H23ClN4O3/c1-2-3-8-20-25-21(24)19(14-29)28(20)13-15-9-11-16(12-10-15)17-6-4-5-7-18(17)22-26-23(30)31-27-22/h4-7,9-12,29H,2-3,8,13-14H2,1H3,(H,26,27,30). The highest BCUT2D eigenvalue weighted by Gasteiger charge is 2.16. The quantitative estimate of drug-likeness (QED) is 0.424. The van der Waals surface area contributed by atoms with Crippen LogP contribution >= 0.6 is 11.6 Å². The third-order valence-electron chi connectivity index (χ3n) is 5.23. The number of aromatic amines is 1. The van der Waals surface area contributed by atoms with Gasteiger partial charge in [0.1, 0.15) is 5.82 Å². The minimum atomic E-state index is -0.585. The first kappa shape index (κ1) is 21.1. The molecule has 0 unspecified atom stereocenters. The van der Waals surface area contributed by atoms with Crippen LogP contribution in [-0.4, -0.2) is 24.8 Å². The average Bonchev–Trinajstić information content (AvgIpc) is 3.35. The predicted octanol–water partition coefficient (Wildman–Crippen LogP) is 4.43. The van der Waals surface area contributed by atoms with Crippen molar-refractivity contribution in [1.82, 2.24) is 19.7 Å². The van der Waals surface area contributed by atoms with Crippen molar-refractivity contribution in [2.75, 3.05) is 0 Å². The molecule has 4 aromatic rings. The number of benzene rings is 2. The largest absolute Gasteiger partial charge is 0.439 e. The maximum absolute atomic E-state index is 11.4. The number of aromatic nitrogens is 4. The van der Waals surface area contributed by atoms with Gasteiger partial charge < -0.3 is 9.67 Å². The van der Waals surface area contributed by atoms with Crippen LogP contribution in [0.2, 0.25) is 5.15 Å². The van der Waals surface area contributed by atoms with Crippen LogP contribution in [-0.2, 0) is 19.6 Å². The highest BCUT2D eigenvalue weighted by molar-refractivity contribution is 6.30. The summed E-state index contributed by atoms with van der Waals surface area (Å²) in [6.45, 7) is 2.56. The fourth-order valence-electron chi connectivity index (χ4n) is 3.63. The van der Waals surface area contributed by atoms with Gasteiger partial charge in [-0.1, -0.05) is 78.6 Å². The fourth-order valence-corrected chi connectivity index (χ4v) is 3.89. The molecule has 0 aliphatic rings. The predicted molar refractivity (Wildman–Crippen MR) is 119 cm³/mol. The zero-order valence-electron chi connectivity index (χ0n) is 17.1. The third kappa shape index (κ3) is 4.47. The zero-order chi connectivity index (χ0) is 21.8. The van der Waals surface area contributed by atoms with Gasteiger partial charge in [-0.25, -0.2) is 9.78 Å². The summed E-state index contributed by atoms with van der Waals surface area (Å²) in [4.78, 5) is 18.4. The van der Waals surface area contributed by atoms with Crippen molar-refractivity contribution in [1.29, 1.82) is 0 Å². The number of nitrogens with one attached hydrogen (secondary N) is 1. The number of aliphatic hydroxyl groups is 1. The van der Waals surface area contributed by atoms with Gasteiger partial charge in [-0.15, -0.1) is 0 Å². The maximum atomic E-state index is 11.4. The summed E-state index contributed by atoms with van der Waals surface area (Å²) in [6, 6.07) is 15.8. The van der Waals surface area contributed by atoms with Crippen LogP contribution in [0, 0.1) is 0 Å². The number of H-pyrrole nitrogens is 1. The molecule has 2 aromatic carbocycles. The summed E-state index contributed by atoms with van der Waals surface area (Å²) < 4.78 is 6.66. The van der Waals surface area contributed by atoms with Gasteiger partial charge in [-0.3, -0.25) is 9.51 Å². The molecular weight excluding hydrogens is 416 g/mol. The number of rotatable bonds is 8. The molecule has 4 rings (SSSR count).